The lowest BCUT2D eigenvalue weighted by Crippen LogP contribution is -2.29. The Hall–Kier alpha value is -3.03. The van der Waals surface area contributed by atoms with Crippen LogP contribution in [0.15, 0.2) is 47.1 Å². The number of nitrogens with one attached hydrogen (secondary N) is 1. The summed E-state index contributed by atoms with van der Waals surface area (Å²) in [4.78, 5) is 12.1. The van der Waals surface area contributed by atoms with E-state index in [1.54, 1.807) is 17.0 Å². The van der Waals surface area contributed by atoms with Crippen molar-refractivity contribution in [1.29, 1.82) is 0 Å². The number of alkyl halides is 3. The summed E-state index contributed by atoms with van der Waals surface area (Å²) >= 11 is 0. The molecule has 0 fully saturated rings. The fourth-order valence-electron chi connectivity index (χ4n) is 3.10. The minimum absolute atomic E-state index is 0.112. The van der Waals surface area contributed by atoms with Crippen molar-refractivity contribution in [2.24, 2.45) is 0 Å². The van der Waals surface area contributed by atoms with Crippen molar-refractivity contribution in [1.82, 2.24) is 15.1 Å². The Balaban J connectivity index is 1.57. The molecule has 0 spiro atoms. The van der Waals surface area contributed by atoms with Crippen LogP contribution in [0.1, 0.15) is 22.5 Å². The van der Waals surface area contributed by atoms with E-state index in [4.69, 9.17) is 4.42 Å². The summed E-state index contributed by atoms with van der Waals surface area (Å²) in [6, 6.07) is 8.46. The zero-order valence-corrected chi connectivity index (χ0v) is 15.5. The highest BCUT2D eigenvalue weighted by Gasteiger charge is 2.30. The molecule has 0 aliphatic carbocycles. The fourth-order valence-corrected chi connectivity index (χ4v) is 3.10. The Bertz CT molecular complexity index is 960. The van der Waals surface area contributed by atoms with Crippen LogP contribution in [0.2, 0.25) is 0 Å². The number of benzene rings is 1. The standard InChI is InChI=1S/C20H20F3N3O2/c1-13-19(17-7-4-10-28-17)14(2)26(25-13)9-8-24-18(27)12-15-5-3-6-16(11-15)20(21,22)23/h3-7,10-11H,8-9,12H2,1-2H3,(H,24,27). The maximum atomic E-state index is 12.8. The van der Waals surface area contributed by atoms with Gasteiger partial charge in [0.25, 0.3) is 0 Å². The van der Waals surface area contributed by atoms with Gasteiger partial charge in [0, 0.05) is 12.2 Å². The molecule has 0 saturated heterocycles. The largest absolute Gasteiger partial charge is 0.464 e. The third-order valence-corrected chi connectivity index (χ3v) is 4.41. The predicted molar refractivity (Wildman–Crippen MR) is 97.6 cm³/mol. The molecule has 1 aromatic carbocycles. The summed E-state index contributed by atoms with van der Waals surface area (Å²) in [6.45, 7) is 4.56. The molecule has 0 bridgehead atoms. The molecule has 0 saturated carbocycles. The van der Waals surface area contributed by atoms with Crippen molar-refractivity contribution in [3.8, 4) is 11.3 Å². The van der Waals surface area contributed by atoms with Crippen molar-refractivity contribution in [3.05, 3.63) is 65.2 Å². The smallest absolute Gasteiger partial charge is 0.416 e. The molecule has 0 aliphatic heterocycles. The lowest BCUT2D eigenvalue weighted by molar-refractivity contribution is -0.137. The van der Waals surface area contributed by atoms with Gasteiger partial charge in [0.05, 0.1) is 36.0 Å². The van der Waals surface area contributed by atoms with Crippen molar-refractivity contribution < 1.29 is 22.4 Å². The molecule has 148 valence electrons. The van der Waals surface area contributed by atoms with Crippen LogP contribution in [0.4, 0.5) is 13.2 Å². The molecule has 8 heteroatoms. The number of aryl methyl sites for hydroxylation is 1. The lowest BCUT2D eigenvalue weighted by atomic mass is 10.1. The van der Waals surface area contributed by atoms with E-state index in [1.807, 2.05) is 19.9 Å². The molecule has 0 unspecified atom stereocenters. The average molecular weight is 391 g/mol. The van der Waals surface area contributed by atoms with E-state index in [-0.39, 0.29) is 12.3 Å². The zero-order chi connectivity index (χ0) is 20.3. The monoisotopic (exact) mass is 391 g/mol. The Morgan fingerprint density at radius 1 is 1.21 bits per heavy atom. The number of halogens is 3. The van der Waals surface area contributed by atoms with Crippen LogP contribution >= 0.6 is 0 Å². The molecule has 28 heavy (non-hydrogen) atoms. The van der Waals surface area contributed by atoms with Crippen LogP contribution in [-0.2, 0) is 23.9 Å². The number of rotatable bonds is 6. The number of carbonyl (C=O) groups excluding carboxylic acids is 1. The zero-order valence-electron chi connectivity index (χ0n) is 15.5. The molecule has 3 aromatic rings. The Kier molecular flexibility index (Phi) is 5.58. The molecule has 0 atom stereocenters. The molecule has 1 amide bonds. The third kappa shape index (κ3) is 4.44. The molecule has 1 N–H and O–H groups in total. The van der Waals surface area contributed by atoms with Gasteiger partial charge in [-0.1, -0.05) is 18.2 Å². The molecule has 0 radical (unpaired) electrons. The quantitative estimate of drug-likeness (QED) is 0.687. The number of hydrogen-bond donors (Lipinski definition) is 1. The number of carbonyl (C=O) groups is 1. The van der Waals surface area contributed by atoms with Crippen LogP contribution < -0.4 is 5.32 Å². The summed E-state index contributed by atoms with van der Waals surface area (Å²) in [7, 11) is 0. The van der Waals surface area contributed by atoms with E-state index in [0.29, 0.717) is 18.7 Å². The normalized spacial score (nSPS) is 11.6. The minimum Gasteiger partial charge on any atom is -0.464 e. The maximum absolute atomic E-state index is 12.8. The van der Waals surface area contributed by atoms with Crippen molar-refractivity contribution in [3.63, 3.8) is 0 Å². The van der Waals surface area contributed by atoms with E-state index in [9.17, 15) is 18.0 Å². The number of amides is 1. The van der Waals surface area contributed by atoms with Gasteiger partial charge in [0.15, 0.2) is 0 Å². The predicted octanol–water partition coefficient (Wildman–Crippen LogP) is 4.14. The van der Waals surface area contributed by atoms with Crippen LogP contribution in [0, 0.1) is 13.8 Å². The fraction of sp³-hybridized carbons (Fsp3) is 0.300. The summed E-state index contributed by atoms with van der Waals surface area (Å²) in [5, 5.41) is 7.19. The maximum Gasteiger partial charge on any atom is 0.416 e. The van der Waals surface area contributed by atoms with Gasteiger partial charge in [-0.15, -0.1) is 0 Å². The number of hydrogen-bond acceptors (Lipinski definition) is 3. The molecule has 2 heterocycles. The first-order valence-corrected chi connectivity index (χ1v) is 8.76. The first kappa shape index (κ1) is 19.7. The molecule has 2 aromatic heterocycles. The van der Waals surface area contributed by atoms with E-state index in [1.165, 1.54) is 12.1 Å². The van der Waals surface area contributed by atoms with Gasteiger partial charge in [0.1, 0.15) is 5.76 Å². The summed E-state index contributed by atoms with van der Waals surface area (Å²) in [5.41, 5.74) is 2.21. The molecule has 5 nitrogen and oxygen atoms in total. The van der Waals surface area contributed by atoms with E-state index in [0.717, 1.165) is 34.8 Å². The third-order valence-electron chi connectivity index (χ3n) is 4.41. The highest BCUT2D eigenvalue weighted by molar-refractivity contribution is 5.78. The van der Waals surface area contributed by atoms with Crippen LogP contribution in [0.5, 0.6) is 0 Å². The molecular weight excluding hydrogens is 371 g/mol. The first-order valence-electron chi connectivity index (χ1n) is 8.76. The Morgan fingerprint density at radius 3 is 2.68 bits per heavy atom. The number of aromatic nitrogens is 2. The second kappa shape index (κ2) is 7.92. The van der Waals surface area contributed by atoms with Gasteiger partial charge in [-0.3, -0.25) is 9.48 Å². The SMILES string of the molecule is Cc1nn(CCNC(=O)Cc2cccc(C(F)(F)F)c2)c(C)c1-c1ccco1. The highest BCUT2D eigenvalue weighted by atomic mass is 19.4. The summed E-state index contributed by atoms with van der Waals surface area (Å²) < 4.78 is 45.5. The molecular formula is C20H20F3N3O2. The lowest BCUT2D eigenvalue weighted by Gasteiger charge is -2.10. The van der Waals surface area contributed by atoms with Crippen LogP contribution in [0.25, 0.3) is 11.3 Å². The number of furan rings is 1. The Labute approximate surface area is 160 Å². The van der Waals surface area contributed by atoms with Crippen molar-refractivity contribution in [2.75, 3.05) is 6.54 Å². The second-order valence-electron chi connectivity index (χ2n) is 6.47. The van der Waals surface area contributed by atoms with Gasteiger partial charge in [-0.25, -0.2) is 0 Å². The number of nitrogens with zero attached hydrogens (tertiary/aromatic N) is 2. The molecule has 3 rings (SSSR count). The summed E-state index contributed by atoms with van der Waals surface area (Å²) in [5.74, 6) is 0.391. The van der Waals surface area contributed by atoms with Crippen molar-refractivity contribution >= 4 is 5.91 Å². The van der Waals surface area contributed by atoms with E-state index in [2.05, 4.69) is 10.4 Å². The van der Waals surface area contributed by atoms with Gasteiger partial charge < -0.3 is 9.73 Å². The topological polar surface area (TPSA) is 60.1 Å². The van der Waals surface area contributed by atoms with Gasteiger partial charge in [-0.05, 0) is 37.6 Å². The van der Waals surface area contributed by atoms with Gasteiger partial charge in [-0.2, -0.15) is 18.3 Å². The van der Waals surface area contributed by atoms with Gasteiger partial charge in [0.2, 0.25) is 5.91 Å². The summed E-state index contributed by atoms with van der Waals surface area (Å²) in [6.07, 6.45) is -2.94. The van der Waals surface area contributed by atoms with Gasteiger partial charge >= 0.3 is 6.18 Å². The Morgan fingerprint density at radius 2 is 2.00 bits per heavy atom. The van der Waals surface area contributed by atoms with E-state index >= 15 is 0 Å². The van der Waals surface area contributed by atoms with Crippen molar-refractivity contribution in [2.45, 2.75) is 33.0 Å². The minimum atomic E-state index is -4.42. The second-order valence-corrected chi connectivity index (χ2v) is 6.47. The molecule has 0 aliphatic rings. The first-order chi connectivity index (χ1) is 13.3. The van der Waals surface area contributed by atoms with Crippen LogP contribution in [-0.4, -0.2) is 22.2 Å². The highest BCUT2D eigenvalue weighted by Crippen LogP contribution is 2.29. The van der Waals surface area contributed by atoms with E-state index < -0.39 is 11.7 Å². The van der Waals surface area contributed by atoms with Crippen LogP contribution in [0.3, 0.4) is 0 Å². The average Bonchev–Trinajstić information content (AvgIpc) is 3.23.